The van der Waals surface area contributed by atoms with Gasteiger partial charge in [0.25, 0.3) is 0 Å². The SMILES string of the molecule is COc1cc(Br)c(C2CC(C(=O)O)CN2)c(C(C)C)c1OC. The number of ether oxygens (including phenoxy) is 2. The number of carboxylic acid groups (broad SMARTS) is 1. The molecule has 2 N–H and O–H groups in total. The van der Waals surface area contributed by atoms with E-state index in [0.717, 1.165) is 21.3 Å². The maximum Gasteiger partial charge on any atom is 0.307 e. The van der Waals surface area contributed by atoms with Gasteiger partial charge in [-0.2, -0.15) is 0 Å². The van der Waals surface area contributed by atoms with Gasteiger partial charge in [-0.05, 0) is 24.0 Å². The lowest BCUT2D eigenvalue weighted by molar-refractivity contribution is -0.141. The molecule has 0 radical (unpaired) electrons. The van der Waals surface area contributed by atoms with Crippen molar-refractivity contribution in [3.63, 3.8) is 0 Å². The first kappa shape index (κ1) is 17.1. The van der Waals surface area contributed by atoms with E-state index in [2.05, 4.69) is 35.1 Å². The summed E-state index contributed by atoms with van der Waals surface area (Å²) in [6.45, 7) is 4.67. The predicted molar refractivity (Wildman–Crippen MR) is 87.8 cm³/mol. The third-order valence-electron chi connectivity index (χ3n) is 4.10. The molecule has 5 nitrogen and oxygen atoms in total. The van der Waals surface area contributed by atoms with E-state index in [4.69, 9.17) is 9.47 Å². The molecule has 0 amide bonds. The predicted octanol–water partition coefficient (Wildman–Crippen LogP) is 3.32. The number of hydrogen-bond donors (Lipinski definition) is 2. The molecule has 1 aromatic carbocycles. The molecule has 0 aliphatic carbocycles. The second kappa shape index (κ2) is 6.87. The van der Waals surface area contributed by atoms with Crippen LogP contribution in [0.3, 0.4) is 0 Å². The average Bonchev–Trinajstić information content (AvgIpc) is 2.95. The van der Waals surface area contributed by atoms with E-state index in [1.165, 1.54) is 0 Å². The fourth-order valence-electron chi connectivity index (χ4n) is 3.08. The van der Waals surface area contributed by atoms with Gasteiger partial charge in [0.05, 0.1) is 20.1 Å². The van der Waals surface area contributed by atoms with Crippen LogP contribution >= 0.6 is 15.9 Å². The molecule has 0 bridgehead atoms. The molecule has 2 atom stereocenters. The third kappa shape index (κ3) is 3.08. The largest absolute Gasteiger partial charge is 0.493 e. The minimum absolute atomic E-state index is 0.00678. The number of halogens is 1. The summed E-state index contributed by atoms with van der Waals surface area (Å²) in [7, 11) is 3.24. The smallest absolute Gasteiger partial charge is 0.307 e. The lowest BCUT2D eigenvalue weighted by atomic mass is 9.89. The number of hydrogen-bond acceptors (Lipinski definition) is 4. The highest BCUT2D eigenvalue weighted by Crippen LogP contribution is 2.46. The second-order valence-electron chi connectivity index (χ2n) is 5.81. The minimum atomic E-state index is -0.752. The van der Waals surface area contributed by atoms with Crippen molar-refractivity contribution in [1.82, 2.24) is 5.32 Å². The van der Waals surface area contributed by atoms with Crippen LogP contribution in [0.25, 0.3) is 0 Å². The van der Waals surface area contributed by atoms with Crippen molar-refractivity contribution in [2.24, 2.45) is 5.92 Å². The van der Waals surface area contributed by atoms with Crippen molar-refractivity contribution >= 4 is 21.9 Å². The summed E-state index contributed by atoms with van der Waals surface area (Å²) in [5.74, 6) is 0.510. The van der Waals surface area contributed by atoms with Crippen LogP contribution in [-0.2, 0) is 4.79 Å². The van der Waals surface area contributed by atoms with Gasteiger partial charge in [0.2, 0.25) is 0 Å². The maximum atomic E-state index is 11.2. The molecule has 22 heavy (non-hydrogen) atoms. The molecule has 1 aromatic rings. The first-order valence-corrected chi connectivity index (χ1v) is 8.10. The van der Waals surface area contributed by atoms with E-state index < -0.39 is 5.97 Å². The Balaban J connectivity index is 2.53. The Kier molecular flexibility index (Phi) is 5.34. The molecule has 1 heterocycles. The third-order valence-corrected chi connectivity index (χ3v) is 4.76. The molecule has 1 aliphatic rings. The van der Waals surface area contributed by atoms with Crippen LogP contribution in [0.1, 0.15) is 43.4 Å². The van der Waals surface area contributed by atoms with Crippen LogP contribution in [-0.4, -0.2) is 31.8 Å². The number of carboxylic acids is 1. The number of benzene rings is 1. The van der Waals surface area contributed by atoms with Crippen molar-refractivity contribution in [2.45, 2.75) is 32.2 Å². The Bertz CT molecular complexity index is 574. The summed E-state index contributed by atoms with van der Waals surface area (Å²) < 4.78 is 11.9. The quantitative estimate of drug-likeness (QED) is 0.830. The van der Waals surface area contributed by atoms with Gasteiger partial charge in [-0.1, -0.05) is 29.8 Å². The Hall–Kier alpha value is -1.27. The highest BCUT2D eigenvalue weighted by molar-refractivity contribution is 9.10. The zero-order valence-corrected chi connectivity index (χ0v) is 14.9. The van der Waals surface area contributed by atoms with Gasteiger partial charge in [-0.15, -0.1) is 0 Å². The summed E-state index contributed by atoms with van der Waals surface area (Å²) in [4.78, 5) is 11.2. The lowest BCUT2D eigenvalue weighted by Gasteiger charge is -2.24. The molecule has 1 fully saturated rings. The van der Waals surface area contributed by atoms with Crippen molar-refractivity contribution in [3.8, 4) is 11.5 Å². The first-order valence-electron chi connectivity index (χ1n) is 7.31. The Labute approximate surface area is 139 Å². The summed E-state index contributed by atoms with van der Waals surface area (Å²) in [5.41, 5.74) is 2.12. The summed E-state index contributed by atoms with van der Waals surface area (Å²) in [6, 6.07) is 1.88. The van der Waals surface area contributed by atoms with Gasteiger partial charge < -0.3 is 19.9 Å². The molecule has 2 unspecified atom stereocenters. The van der Waals surface area contributed by atoms with E-state index in [-0.39, 0.29) is 17.9 Å². The summed E-state index contributed by atoms with van der Waals surface area (Å²) >= 11 is 3.61. The molecule has 0 saturated carbocycles. The van der Waals surface area contributed by atoms with E-state index >= 15 is 0 Å². The maximum absolute atomic E-state index is 11.2. The fourth-order valence-corrected chi connectivity index (χ4v) is 3.77. The topological polar surface area (TPSA) is 67.8 Å². The van der Waals surface area contributed by atoms with Crippen LogP contribution in [0.4, 0.5) is 0 Å². The second-order valence-corrected chi connectivity index (χ2v) is 6.66. The van der Waals surface area contributed by atoms with E-state index in [9.17, 15) is 9.90 Å². The highest BCUT2D eigenvalue weighted by Gasteiger charge is 2.34. The van der Waals surface area contributed by atoms with Crippen molar-refractivity contribution < 1.29 is 19.4 Å². The number of carbonyl (C=O) groups is 1. The van der Waals surface area contributed by atoms with Crippen molar-refractivity contribution in [3.05, 3.63) is 21.7 Å². The number of nitrogens with one attached hydrogen (secondary N) is 1. The van der Waals surface area contributed by atoms with Gasteiger partial charge in [-0.3, -0.25) is 4.79 Å². The summed E-state index contributed by atoms with van der Waals surface area (Å²) in [5, 5.41) is 12.5. The van der Waals surface area contributed by atoms with Crippen LogP contribution < -0.4 is 14.8 Å². The Morgan fingerprint density at radius 1 is 1.41 bits per heavy atom. The van der Waals surface area contributed by atoms with E-state index in [1.54, 1.807) is 14.2 Å². The number of rotatable bonds is 5. The van der Waals surface area contributed by atoms with Crippen LogP contribution in [0.15, 0.2) is 10.5 Å². The average molecular weight is 372 g/mol. The molecule has 1 saturated heterocycles. The zero-order chi connectivity index (χ0) is 16.4. The van der Waals surface area contributed by atoms with Crippen molar-refractivity contribution in [2.75, 3.05) is 20.8 Å². The molecular weight excluding hydrogens is 350 g/mol. The minimum Gasteiger partial charge on any atom is -0.493 e. The van der Waals surface area contributed by atoms with Gasteiger partial charge >= 0.3 is 5.97 Å². The summed E-state index contributed by atoms with van der Waals surface area (Å²) in [6.07, 6.45) is 0.573. The van der Waals surface area contributed by atoms with Crippen LogP contribution in [0, 0.1) is 5.92 Å². The molecular formula is C16H22BrNO4. The monoisotopic (exact) mass is 371 g/mol. The molecule has 6 heteroatoms. The van der Waals surface area contributed by atoms with Crippen LogP contribution in [0.5, 0.6) is 11.5 Å². The Morgan fingerprint density at radius 2 is 2.09 bits per heavy atom. The number of aliphatic carboxylic acids is 1. The van der Waals surface area contributed by atoms with Gasteiger partial charge in [0.1, 0.15) is 0 Å². The normalized spacial score (nSPS) is 21.2. The van der Waals surface area contributed by atoms with Crippen molar-refractivity contribution in [1.29, 1.82) is 0 Å². The first-order chi connectivity index (χ1) is 10.4. The fraction of sp³-hybridized carbons (Fsp3) is 0.562. The van der Waals surface area contributed by atoms with Gasteiger partial charge in [0, 0.05) is 22.6 Å². The molecule has 0 aromatic heterocycles. The highest BCUT2D eigenvalue weighted by atomic mass is 79.9. The molecule has 2 rings (SSSR count). The molecule has 122 valence electrons. The van der Waals surface area contributed by atoms with Gasteiger partial charge in [-0.25, -0.2) is 0 Å². The Morgan fingerprint density at radius 3 is 2.55 bits per heavy atom. The number of methoxy groups -OCH3 is 2. The van der Waals surface area contributed by atoms with Crippen LogP contribution in [0.2, 0.25) is 0 Å². The lowest BCUT2D eigenvalue weighted by Crippen LogP contribution is -2.18. The molecule has 1 aliphatic heterocycles. The van der Waals surface area contributed by atoms with E-state index in [0.29, 0.717) is 18.7 Å². The van der Waals surface area contributed by atoms with Gasteiger partial charge in [0.15, 0.2) is 11.5 Å². The standard InChI is InChI=1S/C16H22BrNO4/c1-8(2)13-14(11-5-9(7-18-11)16(19)20)10(17)6-12(21-3)15(13)22-4/h6,8-9,11,18H,5,7H2,1-4H3,(H,19,20). The zero-order valence-electron chi connectivity index (χ0n) is 13.3. The molecule has 0 spiro atoms. The van der Waals surface area contributed by atoms with E-state index in [1.807, 2.05) is 6.07 Å².